The quantitative estimate of drug-likeness (QED) is 0.267. The summed E-state index contributed by atoms with van der Waals surface area (Å²) in [5, 5.41) is 10.1. The number of oxime groups is 1. The Morgan fingerprint density at radius 2 is 1.98 bits per heavy atom. The average Bonchev–Trinajstić information content (AvgIpc) is 3.72. The maximum absolute atomic E-state index is 14.6. The Morgan fingerprint density at radius 3 is 2.68 bits per heavy atom. The van der Waals surface area contributed by atoms with Gasteiger partial charge in [-0.2, -0.15) is 5.10 Å². The average molecular weight is 595 g/mol. The molecule has 3 aromatic rings. The highest BCUT2D eigenvalue weighted by atomic mass is 32.1. The van der Waals surface area contributed by atoms with Crippen molar-refractivity contribution in [2.75, 3.05) is 37.7 Å². The van der Waals surface area contributed by atoms with Crippen LogP contribution in [-0.4, -0.2) is 64.1 Å². The van der Waals surface area contributed by atoms with Crippen molar-refractivity contribution in [2.24, 2.45) is 5.16 Å². The SMILES string of the molecule is C#CCOc1cccc(F)c1C1CC(c2csc(N3CCN(C(=O)Cn4nc(C(F)F)cc4C(F)F)CC3)n2)=NO1. The van der Waals surface area contributed by atoms with Crippen LogP contribution in [0.2, 0.25) is 0 Å². The van der Waals surface area contributed by atoms with E-state index in [9.17, 15) is 26.7 Å². The maximum Gasteiger partial charge on any atom is 0.282 e. The first-order valence-corrected chi connectivity index (χ1v) is 13.3. The molecule has 9 nitrogen and oxygen atoms in total. The summed E-state index contributed by atoms with van der Waals surface area (Å²) in [7, 11) is 0. The second-order valence-electron chi connectivity index (χ2n) is 9.12. The fourth-order valence-electron chi connectivity index (χ4n) is 4.54. The van der Waals surface area contributed by atoms with Crippen molar-refractivity contribution in [1.82, 2.24) is 19.7 Å². The third kappa shape index (κ3) is 6.12. The monoisotopic (exact) mass is 594 g/mol. The number of anilines is 1. The number of hydrogen-bond acceptors (Lipinski definition) is 8. The lowest BCUT2D eigenvalue weighted by atomic mass is 10.0. The number of aromatic nitrogens is 3. The van der Waals surface area contributed by atoms with Crippen LogP contribution in [0.5, 0.6) is 5.75 Å². The van der Waals surface area contributed by atoms with E-state index in [4.69, 9.17) is 16.0 Å². The summed E-state index contributed by atoms with van der Waals surface area (Å²) in [4.78, 5) is 26.3. The highest BCUT2D eigenvalue weighted by Crippen LogP contribution is 2.37. The number of terminal acetylenes is 1. The largest absolute Gasteiger partial charge is 0.480 e. The van der Waals surface area contributed by atoms with Gasteiger partial charge in [-0.05, 0) is 18.2 Å². The maximum atomic E-state index is 14.6. The molecule has 1 amide bonds. The lowest BCUT2D eigenvalue weighted by Crippen LogP contribution is -2.49. The van der Waals surface area contributed by atoms with Gasteiger partial charge >= 0.3 is 0 Å². The molecule has 0 aliphatic carbocycles. The van der Waals surface area contributed by atoms with Gasteiger partial charge in [0, 0.05) is 38.0 Å². The predicted molar refractivity (Wildman–Crippen MR) is 139 cm³/mol. The molecule has 15 heteroatoms. The first-order valence-electron chi connectivity index (χ1n) is 12.4. The van der Waals surface area contributed by atoms with E-state index >= 15 is 0 Å². The third-order valence-electron chi connectivity index (χ3n) is 6.57. The van der Waals surface area contributed by atoms with E-state index < -0.39 is 48.6 Å². The van der Waals surface area contributed by atoms with Gasteiger partial charge in [-0.25, -0.2) is 26.9 Å². The molecule has 1 atom stereocenters. The number of rotatable bonds is 9. The number of thiazole rings is 1. The van der Waals surface area contributed by atoms with E-state index in [-0.39, 0.29) is 37.4 Å². The lowest BCUT2D eigenvalue weighted by molar-refractivity contribution is -0.132. The topological polar surface area (TPSA) is 85.1 Å². The zero-order valence-electron chi connectivity index (χ0n) is 21.4. The van der Waals surface area contributed by atoms with Crippen LogP contribution in [0.3, 0.4) is 0 Å². The first-order chi connectivity index (χ1) is 19.7. The van der Waals surface area contributed by atoms with Gasteiger partial charge in [0.15, 0.2) is 11.2 Å². The zero-order chi connectivity index (χ0) is 29.1. The summed E-state index contributed by atoms with van der Waals surface area (Å²) >= 11 is 1.37. The van der Waals surface area contributed by atoms with Crippen LogP contribution in [0.15, 0.2) is 34.8 Å². The standard InChI is InChI=1S/C26H23F5N6O3S/c1-2-10-39-20-5-3-4-15(27)23(20)21-12-16(34-40-21)18-14-41-26(32-18)36-8-6-35(7-9-36)22(38)13-37-19(25(30)31)11-17(33-37)24(28)29/h1,3-5,11,14,21,24-25H,6-10,12-13H2. The van der Waals surface area contributed by atoms with Crippen molar-refractivity contribution in [3.63, 3.8) is 0 Å². The number of nitrogens with zero attached hydrogens (tertiary/aromatic N) is 6. The van der Waals surface area contributed by atoms with E-state index in [1.165, 1.54) is 28.4 Å². The Bertz CT molecular complexity index is 1480. The number of halogens is 5. The second kappa shape index (κ2) is 12.1. The van der Waals surface area contributed by atoms with Gasteiger partial charge in [-0.3, -0.25) is 9.48 Å². The van der Waals surface area contributed by atoms with Gasteiger partial charge in [0.2, 0.25) is 5.91 Å². The molecule has 0 radical (unpaired) electrons. The molecule has 0 spiro atoms. The zero-order valence-corrected chi connectivity index (χ0v) is 22.2. The van der Waals surface area contributed by atoms with Crippen molar-refractivity contribution < 1.29 is 36.3 Å². The summed E-state index contributed by atoms with van der Waals surface area (Å²) in [5.41, 5.74) is -0.197. The van der Waals surface area contributed by atoms with Gasteiger partial charge in [0.1, 0.15) is 47.5 Å². The van der Waals surface area contributed by atoms with E-state index in [1.807, 2.05) is 4.90 Å². The van der Waals surface area contributed by atoms with Crippen molar-refractivity contribution >= 4 is 28.1 Å². The van der Waals surface area contributed by atoms with Gasteiger partial charge in [0.05, 0.1) is 5.56 Å². The first kappa shape index (κ1) is 28.3. The number of alkyl halides is 4. The summed E-state index contributed by atoms with van der Waals surface area (Å²) < 4.78 is 73.1. The summed E-state index contributed by atoms with van der Waals surface area (Å²) in [6.07, 6.45) is -1.26. The number of piperazine rings is 1. The third-order valence-corrected chi connectivity index (χ3v) is 7.47. The van der Waals surface area contributed by atoms with Crippen LogP contribution in [-0.2, 0) is 16.2 Å². The number of carbonyl (C=O) groups excluding carboxylic acids is 1. The molecule has 0 N–H and O–H groups in total. The minimum atomic E-state index is -3.04. The van der Waals surface area contributed by atoms with Crippen LogP contribution < -0.4 is 9.64 Å². The molecule has 1 fully saturated rings. The van der Waals surface area contributed by atoms with Crippen molar-refractivity contribution in [3.8, 4) is 18.1 Å². The minimum absolute atomic E-state index is 0.0230. The van der Waals surface area contributed by atoms with Crippen LogP contribution >= 0.6 is 11.3 Å². The summed E-state index contributed by atoms with van der Waals surface area (Å²) in [6, 6.07) is 5.04. The fraction of sp³-hybridized carbons (Fsp3) is 0.385. The molecule has 4 heterocycles. The smallest absolute Gasteiger partial charge is 0.282 e. The highest BCUT2D eigenvalue weighted by Gasteiger charge is 2.32. The number of ether oxygens (including phenoxy) is 1. The summed E-state index contributed by atoms with van der Waals surface area (Å²) in [6.45, 7) is 0.801. The normalized spacial score (nSPS) is 17.1. The van der Waals surface area contributed by atoms with E-state index in [0.717, 1.165) is 0 Å². The van der Waals surface area contributed by atoms with Crippen molar-refractivity contribution in [1.29, 1.82) is 0 Å². The van der Waals surface area contributed by atoms with Crippen molar-refractivity contribution in [2.45, 2.75) is 31.9 Å². The lowest BCUT2D eigenvalue weighted by Gasteiger charge is -2.34. The molecular weight excluding hydrogens is 571 g/mol. The van der Waals surface area contributed by atoms with Gasteiger partial charge < -0.3 is 19.4 Å². The molecule has 0 bridgehead atoms. The molecule has 2 aromatic heterocycles. The van der Waals surface area contributed by atoms with Gasteiger partial charge in [-0.15, -0.1) is 17.8 Å². The Hall–Kier alpha value is -4.19. The molecule has 216 valence electrons. The van der Waals surface area contributed by atoms with Crippen LogP contribution in [0.4, 0.5) is 27.1 Å². The summed E-state index contributed by atoms with van der Waals surface area (Å²) in [5.74, 6) is 1.63. The van der Waals surface area contributed by atoms with Gasteiger partial charge in [0.25, 0.3) is 12.9 Å². The van der Waals surface area contributed by atoms with Crippen LogP contribution in [0.25, 0.3) is 0 Å². The number of benzene rings is 1. The molecule has 5 rings (SSSR count). The molecule has 2 aliphatic heterocycles. The Morgan fingerprint density at radius 1 is 1.20 bits per heavy atom. The fourth-order valence-corrected chi connectivity index (χ4v) is 5.43. The molecule has 41 heavy (non-hydrogen) atoms. The van der Waals surface area contributed by atoms with Crippen LogP contribution in [0.1, 0.15) is 48.0 Å². The van der Waals surface area contributed by atoms with Crippen LogP contribution in [0, 0.1) is 18.2 Å². The second-order valence-corrected chi connectivity index (χ2v) is 9.95. The Kier molecular flexibility index (Phi) is 8.39. The number of amides is 1. The number of carbonyl (C=O) groups is 1. The minimum Gasteiger partial charge on any atom is -0.480 e. The van der Waals surface area contributed by atoms with E-state index in [1.54, 1.807) is 11.4 Å². The molecular formula is C26H23F5N6O3S. The molecule has 2 aliphatic rings. The molecule has 1 unspecified atom stereocenters. The highest BCUT2D eigenvalue weighted by molar-refractivity contribution is 7.14. The van der Waals surface area contributed by atoms with Crippen molar-refractivity contribution in [3.05, 3.63) is 58.1 Å². The van der Waals surface area contributed by atoms with E-state index in [2.05, 4.69) is 21.2 Å². The van der Waals surface area contributed by atoms with E-state index in [0.29, 0.717) is 40.4 Å². The molecule has 0 saturated carbocycles. The Balaban J connectivity index is 1.18. The molecule has 1 aromatic carbocycles. The predicted octanol–water partition coefficient (Wildman–Crippen LogP) is 4.58. The number of hydrogen-bond donors (Lipinski definition) is 0. The Labute approximate surface area is 235 Å². The molecule has 1 saturated heterocycles. The van der Waals surface area contributed by atoms with Gasteiger partial charge in [-0.1, -0.05) is 17.1 Å².